The van der Waals surface area contributed by atoms with Gasteiger partial charge in [-0.05, 0) is 26.2 Å². The van der Waals surface area contributed by atoms with E-state index in [9.17, 15) is 4.79 Å². The Bertz CT molecular complexity index is 380. The van der Waals surface area contributed by atoms with E-state index in [1.165, 1.54) is 6.42 Å². The zero-order valence-electron chi connectivity index (χ0n) is 10.3. The van der Waals surface area contributed by atoms with E-state index in [0.29, 0.717) is 6.54 Å². The Morgan fingerprint density at radius 1 is 1.47 bits per heavy atom. The van der Waals surface area contributed by atoms with Crippen LogP contribution in [0.4, 0.5) is 0 Å². The van der Waals surface area contributed by atoms with Crippen molar-refractivity contribution < 1.29 is 4.79 Å². The molecule has 94 valence electrons. The summed E-state index contributed by atoms with van der Waals surface area (Å²) in [6, 6.07) is -0.0911. The number of hydrogen-bond donors (Lipinski definition) is 1. The summed E-state index contributed by atoms with van der Waals surface area (Å²) in [6.07, 6.45) is 6.89. The molecule has 0 unspecified atom stereocenters. The Morgan fingerprint density at radius 3 is 2.82 bits per heavy atom. The molecule has 1 aliphatic rings. The summed E-state index contributed by atoms with van der Waals surface area (Å²) >= 11 is 0. The van der Waals surface area contributed by atoms with E-state index in [4.69, 9.17) is 5.73 Å². The van der Waals surface area contributed by atoms with Gasteiger partial charge in [0.1, 0.15) is 6.54 Å². The number of nitrogens with zero attached hydrogens (tertiary/aromatic N) is 3. The molecule has 0 saturated carbocycles. The number of rotatable bonds is 3. The second-order valence-electron chi connectivity index (χ2n) is 4.68. The van der Waals surface area contributed by atoms with Crippen molar-refractivity contribution in [2.45, 2.75) is 38.8 Å². The highest BCUT2D eigenvalue weighted by Crippen LogP contribution is 2.12. The monoisotopic (exact) mass is 236 g/mol. The maximum absolute atomic E-state index is 12.1. The molecule has 17 heavy (non-hydrogen) atoms. The molecule has 0 aromatic carbocycles. The first-order chi connectivity index (χ1) is 8.18. The first-order valence-electron chi connectivity index (χ1n) is 6.22. The summed E-state index contributed by atoms with van der Waals surface area (Å²) in [5, 5.41) is 0. The van der Waals surface area contributed by atoms with Gasteiger partial charge in [-0.25, -0.2) is 4.98 Å². The molecule has 1 saturated heterocycles. The Hall–Kier alpha value is -1.36. The lowest BCUT2D eigenvalue weighted by Gasteiger charge is -2.27. The van der Waals surface area contributed by atoms with Crippen LogP contribution in [-0.4, -0.2) is 33.4 Å². The average molecular weight is 236 g/mol. The molecule has 1 fully saturated rings. The van der Waals surface area contributed by atoms with Crippen LogP contribution in [0.2, 0.25) is 0 Å². The first-order valence-corrected chi connectivity index (χ1v) is 6.22. The fourth-order valence-electron chi connectivity index (χ4n) is 2.23. The molecule has 2 heterocycles. The first kappa shape index (κ1) is 12.1. The molecule has 1 amide bonds. The Labute approximate surface area is 102 Å². The van der Waals surface area contributed by atoms with Crippen molar-refractivity contribution in [1.82, 2.24) is 14.5 Å². The van der Waals surface area contributed by atoms with Crippen LogP contribution in [0.5, 0.6) is 0 Å². The summed E-state index contributed by atoms with van der Waals surface area (Å²) in [7, 11) is 0. The van der Waals surface area contributed by atoms with Crippen LogP contribution < -0.4 is 5.73 Å². The maximum Gasteiger partial charge on any atom is 0.242 e. The third-order valence-corrected chi connectivity index (χ3v) is 3.23. The number of carbonyl (C=O) groups is 1. The molecule has 2 rings (SSSR count). The van der Waals surface area contributed by atoms with Gasteiger partial charge in [-0.2, -0.15) is 0 Å². The van der Waals surface area contributed by atoms with Crippen LogP contribution in [-0.2, 0) is 11.3 Å². The number of imidazole rings is 1. The number of nitrogens with two attached hydrogens (primary N) is 1. The zero-order valence-corrected chi connectivity index (χ0v) is 10.3. The van der Waals surface area contributed by atoms with Gasteiger partial charge in [-0.3, -0.25) is 4.79 Å². The van der Waals surface area contributed by atoms with E-state index >= 15 is 0 Å². The molecular formula is C12H20N4O. The van der Waals surface area contributed by atoms with Gasteiger partial charge in [0.15, 0.2) is 0 Å². The van der Waals surface area contributed by atoms with Crippen molar-refractivity contribution in [1.29, 1.82) is 0 Å². The fourth-order valence-corrected chi connectivity index (χ4v) is 2.23. The number of hydrogen-bond acceptors (Lipinski definition) is 3. The van der Waals surface area contributed by atoms with Crippen molar-refractivity contribution >= 4 is 5.91 Å². The SMILES string of the molecule is C[C@@H](N)c1cncn1CC(=O)N1CCCCC1. The summed E-state index contributed by atoms with van der Waals surface area (Å²) in [4.78, 5) is 18.1. The summed E-state index contributed by atoms with van der Waals surface area (Å²) < 4.78 is 1.85. The number of piperidine rings is 1. The smallest absolute Gasteiger partial charge is 0.242 e. The highest BCUT2D eigenvalue weighted by atomic mass is 16.2. The molecule has 1 aromatic heterocycles. The lowest BCUT2D eigenvalue weighted by atomic mass is 10.1. The van der Waals surface area contributed by atoms with Crippen molar-refractivity contribution in [3.05, 3.63) is 18.2 Å². The van der Waals surface area contributed by atoms with Crippen LogP contribution >= 0.6 is 0 Å². The quantitative estimate of drug-likeness (QED) is 0.848. The standard InChI is InChI=1S/C12H20N4O/c1-10(13)11-7-14-9-16(11)8-12(17)15-5-3-2-4-6-15/h7,9-10H,2-6,8,13H2,1H3/t10-/m1/s1. The lowest BCUT2D eigenvalue weighted by Crippen LogP contribution is -2.38. The van der Waals surface area contributed by atoms with Gasteiger partial charge in [0.2, 0.25) is 5.91 Å². The predicted octanol–water partition coefficient (Wildman–Crippen LogP) is 0.915. The average Bonchev–Trinajstić information content (AvgIpc) is 2.78. The van der Waals surface area contributed by atoms with E-state index in [1.807, 2.05) is 16.4 Å². The molecule has 0 radical (unpaired) electrons. The molecule has 0 aliphatic carbocycles. The van der Waals surface area contributed by atoms with Gasteiger partial charge < -0.3 is 15.2 Å². The van der Waals surface area contributed by atoms with Gasteiger partial charge in [0.05, 0.1) is 12.0 Å². The van der Waals surface area contributed by atoms with Crippen LogP contribution in [0.15, 0.2) is 12.5 Å². The van der Waals surface area contributed by atoms with Crippen LogP contribution in [0.3, 0.4) is 0 Å². The minimum atomic E-state index is -0.0911. The van der Waals surface area contributed by atoms with E-state index in [-0.39, 0.29) is 11.9 Å². The van der Waals surface area contributed by atoms with Gasteiger partial charge in [0.25, 0.3) is 0 Å². The fraction of sp³-hybridized carbons (Fsp3) is 0.667. The summed E-state index contributed by atoms with van der Waals surface area (Å²) in [6.45, 7) is 4.04. The molecule has 5 heteroatoms. The minimum Gasteiger partial charge on any atom is -0.341 e. The molecular weight excluding hydrogens is 216 g/mol. The largest absolute Gasteiger partial charge is 0.341 e. The predicted molar refractivity (Wildman–Crippen MR) is 65.3 cm³/mol. The van der Waals surface area contributed by atoms with Crippen molar-refractivity contribution in [3.8, 4) is 0 Å². The van der Waals surface area contributed by atoms with E-state index in [2.05, 4.69) is 4.98 Å². The molecule has 5 nitrogen and oxygen atoms in total. The van der Waals surface area contributed by atoms with E-state index < -0.39 is 0 Å². The third kappa shape index (κ3) is 2.85. The summed E-state index contributed by atoms with van der Waals surface area (Å²) in [5.41, 5.74) is 6.74. The molecule has 2 N–H and O–H groups in total. The van der Waals surface area contributed by atoms with Crippen LogP contribution in [0.1, 0.15) is 37.9 Å². The Balaban J connectivity index is 1.99. The zero-order chi connectivity index (χ0) is 12.3. The molecule has 1 atom stereocenters. The summed E-state index contributed by atoms with van der Waals surface area (Å²) in [5.74, 6) is 0.171. The third-order valence-electron chi connectivity index (χ3n) is 3.23. The van der Waals surface area contributed by atoms with Gasteiger partial charge >= 0.3 is 0 Å². The Morgan fingerprint density at radius 2 is 2.18 bits per heavy atom. The number of aromatic nitrogens is 2. The molecule has 0 spiro atoms. The van der Waals surface area contributed by atoms with Gasteiger partial charge in [-0.1, -0.05) is 0 Å². The maximum atomic E-state index is 12.1. The topological polar surface area (TPSA) is 64.1 Å². The Kier molecular flexibility index (Phi) is 3.78. The van der Waals surface area contributed by atoms with Crippen molar-refractivity contribution in [3.63, 3.8) is 0 Å². The number of carbonyl (C=O) groups excluding carboxylic acids is 1. The molecule has 1 aliphatic heterocycles. The highest BCUT2D eigenvalue weighted by molar-refractivity contribution is 5.76. The van der Waals surface area contributed by atoms with Gasteiger partial charge in [0, 0.05) is 25.3 Å². The van der Waals surface area contributed by atoms with Crippen molar-refractivity contribution in [2.24, 2.45) is 5.73 Å². The minimum absolute atomic E-state index is 0.0911. The number of amides is 1. The van der Waals surface area contributed by atoms with Gasteiger partial charge in [-0.15, -0.1) is 0 Å². The lowest BCUT2D eigenvalue weighted by molar-refractivity contribution is -0.132. The normalized spacial score (nSPS) is 18.1. The highest BCUT2D eigenvalue weighted by Gasteiger charge is 2.18. The second kappa shape index (κ2) is 5.31. The van der Waals surface area contributed by atoms with E-state index in [1.54, 1.807) is 12.5 Å². The molecule has 0 bridgehead atoms. The molecule has 1 aromatic rings. The van der Waals surface area contributed by atoms with Crippen molar-refractivity contribution in [2.75, 3.05) is 13.1 Å². The second-order valence-corrected chi connectivity index (χ2v) is 4.68. The van der Waals surface area contributed by atoms with Crippen LogP contribution in [0.25, 0.3) is 0 Å². The van der Waals surface area contributed by atoms with E-state index in [0.717, 1.165) is 31.6 Å². The van der Waals surface area contributed by atoms with Crippen LogP contribution in [0, 0.1) is 0 Å². The number of likely N-dealkylation sites (tertiary alicyclic amines) is 1.